The third kappa shape index (κ3) is 4.09. The summed E-state index contributed by atoms with van der Waals surface area (Å²) in [5, 5.41) is 3.59. The van der Waals surface area contributed by atoms with E-state index < -0.39 is 0 Å². The van der Waals surface area contributed by atoms with Crippen LogP contribution in [0.2, 0.25) is 0 Å². The van der Waals surface area contributed by atoms with E-state index in [0.29, 0.717) is 18.0 Å². The number of nitrogens with one attached hydrogen (secondary N) is 1. The first-order valence-electron chi connectivity index (χ1n) is 6.16. The van der Waals surface area contributed by atoms with Crippen molar-refractivity contribution in [2.75, 3.05) is 33.4 Å². The van der Waals surface area contributed by atoms with Crippen molar-refractivity contribution < 1.29 is 4.74 Å². The van der Waals surface area contributed by atoms with Crippen LogP contribution in [0.3, 0.4) is 0 Å². The average Bonchev–Trinajstić information content (AvgIpc) is 2.69. The molecule has 90 valence electrons. The zero-order chi connectivity index (χ0) is 11.3. The Labute approximate surface area is 94.2 Å². The monoisotopic (exact) mass is 214 g/mol. The number of rotatable bonds is 6. The smallest absolute Gasteiger partial charge is 0.0510 e. The number of nitrogens with zero attached hydrogens (tertiary/aromatic N) is 1. The molecular weight excluding hydrogens is 188 g/mol. The molecule has 2 unspecified atom stereocenters. The zero-order valence-electron chi connectivity index (χ0n) is 10.6. The first-order valence-corrected chi connectivity index (χ1v) is 6.16. The summed E-state index contributed by atoms with van der Waals surface area (Å²) in [6.07, 6.45) is 1.21. The largest absolute Gasteiger partial charge is 0.381 e. The molecule has 1 rings (SSSR count). The molecule has 0 saturated carbocycles. The molecule has 0 radical (unpaired) electrons. The van der Waals surface area contributed by atoms with Gasteiger partial charge < -0.3 is 15.0 Å². The van der Waals surface area contributed by atoms with Gasteiger partial charge >= 0.3 is 0 Å². The number of likely N-dealkylation sites (N-methyl/N-ethyl adjacent to an activating group) is 2. The first kappa shape index (κ1) is 12.9. The first-order chi connectivity index (χ1) is 7.15. The summed E-state index contributed by atoms with van der Waals surface area (Å²) in [7, 11) is 2.20. The summed E-state index contributed by atoms with van der Waals surface area (Å²) in [5.74, 6) is 0.700. The Hall–Kier alpha value is -0.120. The predicted molar refractivity (Wildman–Crippen MR) is 64.2 cm³/mol. The van der Waals surface area contributed by atoms with E-state index >= 15 is 0 Å². The molecule has 0 aromatic heterocycles. The summed E-state index contributed by atoms with van der Waals surface area (Å²) in [6.45, 7) is 10.7. The van der Waals surface area contributed by atoms with Crippen LogP contribution in [-0.2, 0) is 4.74 Å². The average molecular weight is 214 g/mol. The minimum atomic E-state index is 0.588. The van der Waals surface area contributed by atoms with Crippen molar-refractivity contribution in [1.82, 2.24) is 10.2 Å². The van der Waals surface area contributed by atoms with Crippen molar-refractivity contribution in [2.45, 2.75) is 39.3 Å². The second-order valence-corrected chi connectivity index (χ2v) is 4.82. The standard InChI is InChI=1S/C12H26N2O/c1-5-13-12(8-14(4)10(2)3)11-6-7-15-9-11/h10-13H,5-9H2,1-4H3. The molecule has 2 atom stereocenters. The van der Waals surface area contributed by atoms with Crippen LogP contribution in [0.15, 0.2) is 0 Å². The third-order valence-electron chi connectivity index (χ3n) is 3.37. The quantitative estimate of drug-likeness (QED) is 0.722. The summed E-state index contributed by atoms with van der Waals surface area (Å²) < 4.78 is 5.47. The van der Waals surface area contributed by atoms with E-state index in [9.17, 15) is 0 Å². The van der Waals surface area contributed by atoms with Crippen LogP contribution in [-0.4, -0.2) is 50.3 Å². The summed E-state index contributed by atoms with van der Waals surface area (Å²) in [4.78, 5) is 2.41. The van der Waals surface area contributed by atoms with Gasteiger partial charge in [-0.1, -0.05) is 6.92 Å². The Kier molecular flexibility index (Phi) is 5.58. The van der Waals surface area contributed by atoms with E-state index in [1.807, 2.05) is 0 Å². The molecule has 1 fully saturated rings. The summed E-state index contributed by atoms with van der Waals surface area (Å²) >= 11 is 0. The van der Waals surface area contributed by atoms with E-state index in [2.05, 4.69) is 38.0 Å². The van der Waals surface area contributed by atoms with Crippen LogP contribution in [0.25, 0.3) is 0 Å². The molecule has 1 saturated heterocycles. The van der Waals surface area contributed by atoms with Crippen molar-refractivity contribution in [2.24, 2.45) is 5.92 Å². The second kappa shape index (κ2) is 6.46. The van der Waals surface area contributed by atoms with Gasteiger partial charge in [-0.2, -0.15) is 0 Å². The molecule has 3 nitrogen and oxygen atoms in total. The van der Waals surface area contributed by atoms with Gasteiger partial charge in [0.15, 0.2) is 0 Å². The predicted octanol–water partition coefficient (Wildman–Crippen LogP) is 1.34. The molecule has 0 aliphatic carbocycles. The Morgan fingerprint density at radius 3 is 2.67 bits per heavy atom. The van der Waals surface area contributed by atoms with Gasteiger partial charge in [0.05, 0.1) is 6.61 Å². The molecule has 1 heterocycles. The van der Waals surface area contributed by atoms with Crippen LogP contribution < -0.4 is 5.32 Å². The van der Waals surface area contributed by atoms with Crippen LogP contribution in [0.5, 0.6) is 0 Å². The van der Waals surface area contributed by atoms with Crippen molar-refractivity contribution >= 4 is 0 Å². The van der Waals surface area contributed by atoms with Crippen LogP contribution in [0, 0.1) is 5.92 Å². The highest BCUT2D eigenvalue weighted by atomic mass is 16.5. The lowest BCUT2D eigenvalue weighted by atomic mass is 9.98. The normalized spacial score (nSPS) is 24.0. The Morgan fingerprint density at radius 1 is 1.47 bits per heavy atom. The van der Waals surface area contributed by atoms with E-state index in [1.54, 1.807) is 0 Å². The molecular formula is C12H26N2O. The van der Waals surface area contributed by atoms with Crippen molar-refractivity contribution in [3.05, 3.63) is 0 Å². The van der Waals surface area contributed by atoms with E-state index in [4.69, 9.17) is 4.74 Å². The van der Waals surface area contributed by atoms with Gasteiger partial charge in [-0.3, -0.25) is 0 Å². The highest BCUT2D eigenvalue weighted by molar-refractivity contribution is 4.82. The minimum Gasteiger partial charge on any atom is -0.381 e. The molecule has 0 amide bonds. The van der Waals surface area contributed by atoms with Crippen molar-refractivity contribution in [3.8, 4) is 0 Å². The van der Waals surface area contributed by atoms with E-state index in [-0.39, 0.29) is 0 Å². The Bertz CT molecular complexity index is 167. The molecule has 0 spiro atoms. The SMILES string of the molecule is CCNC(CN(C)C(C)C)C1CCOC1. The van der Waals surface area contributed by atoms with Gasteiger partial charge in [-0.25, -0.2) is 0 Å². The van der Waals surface area contributed by atoms with Crippen molar-refractivity contribution in [3.63, 3.8) is 0 Å². The van der Waals surface area contributed by atoms with Gasteiger partial charge in [0.2, 0.25) is 0 Å². The highest BCUT2D eigenvalue weighted by Gasteiger charge is 2.26. The van der Waals surface area contributed by atoms with Crippen LogP contribution in [0.1, 0.15) is 27.2 Å². The lowest BCUT2D eigenvalue weighted by Gasteiger charge is -2.30. The second-order valence-electron chi connectivity index (χ2n) is 4.82. The summed E-state index contributed by atoms with van der Waals surface area (Å²) in [5.41, 5.74) is 0. The maximum Gasteiger partial charge on any atom is 0.0510 e. The number of ether oxygens (including phenoxy) is 1. The van der Waals surface area contributed by atoms with Crippen LogP contribution >= 0.6 is 0 Å². The maximum absolute atomic E-state index is 5.47. The fraction of sp³-hybridized carbons (Fsp3) is 1.00. The third-order valence-corrected chi connectivity index (χ3v) is 3.37. The minimum absolute atomic E-state index is 0.588. The fourth-order valence-corrected chi connectivity index (χ4v) is 2.03. The Balaban J connectivity index is 2.41. The van der Waals surface area contributed by atoms with Gasteiger partial charge in [0.25, 0.3) is 0 Å². The lowest BCUT2D eigenvalue weighted by molar-refractivity contribution is 0.160. The fourth-order valence-electron chi connectivity index (χ4n) is 2.03. The molecule has 0 aromatic rings. The number of hydrogen-bond donors (Lipinski definition) is 1. The lowest BCUT2D eigenvalue weighted by Crippen LogP contribution is -2.46. The molecule has 15 heavy (non-hydrogen) atoms. The maximum atomic E-state index is 5.47. The summed E-state index contributed by atoms with van der Waals surface area (Å²) in [6, 6.07) is 1.21. The molecule has 1 aliphatic rings. The molecule has 0 bridgehead atoms. The van der Waals surface area contributed by atoms with Gasteiger partial charge in [0.1, 0.15) is 0 Å². The molecule has 1 aliphatic heterocycles. The Morgan fingerprint density at radius 2 is 2.20 bits per heavy atom. The van der Waals surface area contributed by atoms with Crippen LogP contribution in [0.4, 0.5) is 0 Å². The molecule has 3 heteroatoms. The zero-order valence-corrected chi connectivity index (χ0v) is 10.6. The van der Waals surface area contributed by atoms with Gasteiger partial charge in [0, 0.05) is 31.2 Å². The van der Waals surface area contributed by atoms with E-state index in [0.717, 1.165) is 26.3 Å². The molecule has 1 N–H and O–H groups in total. The highest BCUT2D eigenvalue weighted by Crippen LogP contribution is 2.17. The van der Waals surface area contributed by atoms with Crippen molar-refractivity contribution in [1.29, 1.82) is 0 Å². The topological polar surface area (TPSA) is 24.5 Å². The van der Waals surface area contributed by atoms with E-state index in [1.165, 1.54) is 6.42 Å². The number of hydrogen-bond acceptors (Lipinski definition) is 3. The van der Waals surface area contributed by atoms with Gasteiger partial charge in [-0.15, -0.1) is 0 Å². The van der Waals surface area contributed by atoms with Gasteiger partial charge in [-0.05, 0) is 33.9 Å². The molecule has 0 aromatic carbocycles.